The molecule has 4 nitrogen and oxygen atoms in total. The molecule has 0 spiro atoms. The van der Waals surface area contributed by atoms with Gasteiger partial charge in [-0.1, -0.05) is 30.3 Å². The molecular formula is C20H19NO3. The van der Waals surface area contributed by atoms with E-state index in [9.17, 15) is 9.59 Å². The second-order valence-electron chi connectivity index (χ2n) is 5.66. The van der Waals surface area contributed by atoms with Crippen molar-refractivity contribution in [2.24, 2.45) is 7.05 Å². The summed E-state index contributed by atoms with van der Waals surface area (Å²) in [5, 5.41) is 0.738. The van der Waals surface area contributed by atoms with Crippen LogP contribution < -0.4 is 0 Å². The molecule has 0 saturated heterocycles. The lowest BCUT2D eigenvalue weighted by atomic mass is 10.0. The maximum atomic E-state index is 12.6. The second-order valence-corrected chi connectivity index (χ2v) is 5.66. The molecule has 0 fully saturated rings. The predicted molar refractivity (Wildman–Crippen MR) is 94.3 cm³/mol. The van der Waals surface area contributed by atoms with Gasteiger partial charge in [0.15, 0.2) is 5.78 Å². The zero-order valence-corrected chi connectivity index (χ0v) is 14.0. The van der Waals surface area contributed by atoms with Crippen LogP contribution in [0.1, 0.15) is 34.6 Å². The SMILES string of the molecule is CCOC(=O)c1c(-c2ccccc2)n(C)c2ccc(C(C)=O)cc12. The third-order valence-corrected chi connectivity index (χ3v) is 4.13. The molecule has 0 N–H and O–H groups in total. The van der Waals surface area contributed by atoms with Gasteiger partial charge in [0.1, 0.15) is 0 Å². The summed E-state index contributed by atoms with van der Waals surface area (Å²) in [6.45, 7) is 3.61. The molecule has 0 amide bonds. The molecule has 0 aliphatic carbocycles. The molecular weight excluding hydrogens is 302 g/mol. The van der Waals surface area contributed by atoms with Crippen LogP contribution in [-0.4, -0.2) is 22.9 Å². The van der Waals surface area contributed by atoms with Crippen molar-refractivity contribution in [1.82, 2.24) is 4.57 Å². The Morgan fingerprint density at radius 2 is 1.79 bits per heavy atom. The number of benzene rings is 2. The molecule has 1 heterocycles. The van der Waals surface area contributed by atoms with E-state index in [2.05, 4.69) is 0 Å². The number of carbonyl (C=O) groups excluding carboxylic acids is 2. The van der Waals surface area contributed by atoms with Crippen LogP contribution in [0, 0.1) is 0 Å². The molecule has 0 radical (unpaired) electrons. The minimum Gasteiger partial charge on any atom is -0.462 e. The fraction of sp³-hybridized carbons (Fsp3) is 0.200. The summed E-state index contributed by atoms with van der Waals surface area (Å²) in [5.41, 5.74) is 3.71. The van der Waals surface area contributed by atoms with Crippen molar-refractivity contribution in [2.45, 2.75) is 13.8 Å². The van der Waals surface area contributed by atoms with E-state index in [1.165, 1.54) is 6.92 Å². The number of carbonyl (C=O) groups is 2. The number of Topliss-reactive ketones (excluding diaryl/α,β-unsaturated/α-hetero) is 1. The first-order valence-electron chi connectivity index (χ1n) is 7.90. The van der Waals surface area contributed by atoms with Crippen molar-refractivity contribution < 1.29 is 14.3 Å². The van der Waals surface area contributed by atoms with Gasteiger partial charge in [-0.2, -0.15) is 0 Å². The summed E-state index contributed by atoms with van der Waals surface area (Å²) >= 11 is 0. The average molecular weight is 321 g/mol. The van der Waals surface area contributed by atoms with Gasteiger partial charge in [-0.05, 0) is 37.6 Å². The number of ketones is 1. The van der Waals surface area contributed by atoms with E-state index in [0.717, 1.165) is 22.2 Å². The molecule has 122 valence electrons. The van der Waals surface area contributed by atoms with E-state index in [1.54, 1.807) is 19.1 Å². The molecule has 24 heavy (non-hydrogen) atoms. The van der Waals surface area contributed by atoms with E-state index in [-0.39, 0.29) is 11.8 Å². The largest absolute Gasteiger partial charge is 0.462 e. The Labute approximate surface area is 140 Å². The lowest BCUT2D eigenvalue weighted by Gasteiger charge is -2.07. The zero-order valence-electron chi connectivity index (χ0n) is 14.0. The summed E-state index contributed by atoms with van der Waals surface area (Å²) in [6.07, 6.45) is 0. The minimum atomic E-state index is -0.373. The van der Waals surface area contributed by atoms with Crippen LogP contribution in [0.15, 0.2) is 48.5 Å². The molecule has 2 aromatic carbocycles. The molecule has 4 heteroatoms. The number of fused-ring (bicyclic) bond motifs is 1. The smallest absolute Gasteiger partial charge is 0.340 e. The van der Waals surface area contributed by atoms with Crippen molar-refractivity contribution in [1.29, 1.82) is 0 Å². The van der Waals surface area contributed by atoms with Gasteiger partial charge in [0.05, 0.1) is 17.9 Å². The molecule has 3 rings (SSSR count). The van der Waals surface area contributed by atoms with Gasteiger partial charge in [0.25, 0.3) is 0 Å². The van der Waals surface area contributed by atoms with Crippen LogP contribution in [0.2, 0.25) is 0 Å². The van der Waals surface area contributed by atoms with Gasteiger partial charge in [-0.15, -0.1) is 0 Å². The highest BCUT2D eigenvalue weighted by Crippen LogP contribution is 2.34. The number of hydrogen-bond donors (Lipinski definition) is 0. The molecule has 3 aromatic rings. The van der Waals surface area contributed by atoms with E-state index in [0.29, 0.717) is 17.7 Å². The molecule has 0 bridgehead atoms. The number of rotatable bonds is 4. The van der Waals surface area contributed by atoms with E-state index in [1.807, 2.05) is 48.0 Å². The Hall–Kier alpha value is -2.88. The van der Waals surface area contributed by atoms with Crippen molar-refractivity contribution in [2.75, 3.05) is 6.61 Å². The van der Waals surface area contributed by atoms with Crippen LogP contribution in [0.25, 0.3) is 22.2 Å². The fourth-order valence-corrected chi connectivity index (χ4v) is 3.01. The average Bonchev–Trinajstić information content (AvgIpc) is 2.88. The van der Waals surface area contributed by atoms with Crippen LogP contribution >= 0.6 is 0 Å². The van der Waals surface area contributed by atoms with Crippen molar-refractivity contribution in [3.63, 3.8) is 0 Å². The third kappa shape index (κ3) is 2.60. The standard InChI is InChI=1S/C20H19NO3/c1-4-24-20(23)18-16-12-15(13(2)22)10-11-17(16)21(3)19(18)14-8-6-5-7-9-14/h5-12H,4H2,1-3H3. The molecule has 0 aliphatic heterocycles. The Bertz CT molecular complexity index is 923. The minimum absolute atomic E-state index is 0.0307. The molecule has 0 aliphatic rings. The van der Waals surface area contributed by atoms with Gasteiger partial charge in [-0.25, -0.2) is 4.79 Å². The van der Waals surface area contributed by atoms with Crippen molar-refractivity contribution in [3.05, 3.63) is 59.7 Å². The highest BCUT2D eigenvalue weighted by Gasteiger charge is 2.23. The number of esters is 1. The van der Waals surface area contributed by atoms with Gasteiger partial charge < -0.3 is 9.30 Å². The third-order valence-electron chi connectivity index (χ3n) is 4.13. The summed E-state index contributed by atoms with van der Waals surface area (Å²) in [7, 11) is 1.92. The first kappa shape index (κ1) is 16.0. The van der Waals surface area contributed by atoms with Gasteiger partial charge in [0, 0.05) is 23.5 Å². The summed E-state index contributed by atoms with van der Waals surface area (Å²) in [4.78, 5) is 24.4. The lowest BCUT2D eigenvalue weighted by molar-refractivity contribution is 0.0529. The first-order valence-corrected chi connectivity index (χ1v) is 7.90. The van der Waals surface area contributed by atoms with Crippen molar-refractivity contribution >= 4 is 22.7 Å². The highest BCUT2D eigenvalue weighted by atomic mass is 16.5. The lowest BCUT2D eigenvalue weighted by Crippen LogP contribution is -2.06. The molecule has 1 aromatic heterocycles. The number of aryl methyl sites for hydroxylation is 1. The summed E-state index contributed by atoms with van der Waals surface area (Å²) in [6, 6.07) is 15.2. The first-order chi connectivity index (χ1) is 11.5. The quantitative estimate of drug-likeness (QED) is 0.534. The summed E-state index contributed by atoms with van der Waals surface area (Å²) in [5.74, 6) is -0.403. The monoisotopic (exact) mass is 321 g/mol. The highest BCUT2D eigenvalue weighted by molar-refractivity contribution is 6.12. The Kier molecular flexibility index (Phi) is 4.21. The normalized spacial score (nSPS) is 10.8. The number of hydrogen-bond acceptors (Lipinski definition) is 3. The van der Waals surface area contributed by atoms with E-state index < -0.39 is 0 Å². The fourth-order valence-electron chi connectivity index (χ4n) is 3.01. The number of ether oxygens (including phenoxy) is 1. The maximum Gasteiger partial charge on any atom is 0.340 e. The molecule has 0 saturated carbocycles. The van der Waals surface area contributed by atoms with Crippen LogP contribution in [0.3, 0.4) is 0 Å². The van der Waals surface area contributed by atoms with Crippen LogP contribution in [0.5, 0.6) is 0 Å². The van der Waals surface area contributed by atoms with E-state index >= 15 is 0 Å². The van der Waals surface area contributed by atoms with Crippen molar-refractivity contribution in [3.8, 4) is 11.3 Å². The topological polar surface area (TPSA) is 48.3 Å². The second kappa shape index (κ2) is 6.32. The Morgan fingerprint density at radius 1 is 1.08 bits per heavy atom. The molecule has 0 unspecified atom stereocenters. The Balaban J connectivity index is 2.37. The van der Waals surface area contributed by atoms with Gasteiger partial charge >= 0.3 is 5.97 Å². The van der Waals surface area contributed by atoms with Gasteiger partial charge in [0.2, 0.25) is 0 Å². The van der Waals surface area contributed by atoms with Crippen LogP contribution in [-0.2, 0) is 11.8 Å². The van der Waals surface area contributed by atoms with E-state index in [4.69, 9.17) is 4.74 Å². The van der Waals surface area contributed by atoms with Gasteiger partial charge in [-0.3, -0.25) is 4.79 Å². The zero-order chi connectivity index (χ0) is 17.3. The van der Waals surface area contributed by atoms with Crippen LogP contribution in [0.4, 0.5) is 0 Å². The predicted octanol–water partition coefficient (Wildman–Crippen LogP) is 4.22. The number of nitrogens with zero attached hydrogens (tertiary/aromatic N) is 1. The molecule has 0 atom stereocenters. The number of aromatic nitrogens is 1. The maximum absolute atomic E-state index is 12.6. The Morgan fingerprint density at radius 3 is 2.42 bits per heavy atom. The summed E-state index contributed by atoms with van der Waals surface area (Å²) < 4.78 is 7.25.